The molecule has 2 N–H and O–H groups in total. The molecule has 3 nitrogen and oxygen atoms in total. The Morgan fingerprint density at radius 3 is 3.20 bits per heavy atom. The second-order valence-electron chi connectivity index (χ2n) is 4.68. The fourth-order valence-electron chi connectivity index (χ4n) is 3.03. The smallest absolute Gasteiger partial charge is 0.109 e. The van der Waals surface area contributed by atoms with E-state index in [1.165, 1.54) is 6.42 Å². The van der Waals surface area contributed by atoms with Gasteiger partial charge in [0.1, 0.15) is 11.4 Å². The summed E-state index contributed by atoms with van der Waals surface area (Å²) in [5.41, 5.74) is 0.338. The largest absolute Gasteiger partial charge is 0.469 e. The average molecular weight is 207 g/mol. The number of nitrogens with one attached hydrogen (secondary N) is 1. The molecule has 2 unspecified atom stereocenters. The van der Waals surface area contributed by atoms with Gasteiger partial charge in [0.15, 0.2) is 0 Å². The van der Waals surface area contributed by atoms with Crippen LogP contribution in [0.4, 0.5) is 0 Å². The molecule has 1 aliphatic carbocycles. The second-order valence-corrected chi connectivity index (χ2v) is 4.68. The van der Waals surface area contributed by atoms with E-state index >= 15 is 0 Å². The Kier molecular flexibility index (Phi) is 2.11. The number of rotatable bonds is 1. The first-order valence-corrected chi connectivity index (χ1v) is 5.83. The average Bonchev–Trinajstić information content (AvgIpc) is 2.89. The zero-order valence-corrected chi connectivity index (χ0v) is 8.83. The standard InChI is InChI=1S/C12H17NO2/c14-12(11-4-2-7-13-11)6-1-3-10-9(12)5-8-15-10/h5,8,11,13-14H,1-4,6-7H2. The van der Waals surface area contributed by atoms with E-state index in [4.69, 9.17) is 4.42 Å². The van der Waals surface area contributed by atoms with Gasteiger partial charge in [-0.2, -0.15) is 0 Å². The third kappa shape index (κ3) is 1.34. The van der Waals surface area contributed by atoms with Gasteiger partial charge in [-0.05, 0) is 38.3 Å². The molecule has 0 aromatic carbocycles. The van der Waals surface area contributed by atoms with E-state index in [9.17, 15) is 5.11 Å². The monoisotopic (exact) mass is 207 g/mol. The van der Waals surface area contributed by atoms with Crippen molar-refractivity contribution in [2.45, 2.75) is 43.7 Å². The normalized spacial score (nSPS) is 35.4. The predicted molar refractivity (Wildman–Crippen MR) is 56.6 cm³/mol. The minimum Gasteiger partial charge on any atom is -0.469 e. The molecule has 2 atom stereocenters. The fraction of sp³-hybridized carbons (Fsp3) is 0.667. The van der Waals surface area contributed by atoms with Crippen LogP contribution in [0.1, 0.15) is 37.0 Å². The zero-order chi connectivity index (χ0) is 10.3. The number of hydrogen-bond acceptors (Lipinski definition) is 3. The van der Waals surface area contributed by atoms with Gasteiger partial charge in [0.2, 0.25) is 0 Å². The van der Waals surface area contributed by atoms with Crippen molar-refractivity contribution in [2.75, 3.05) is 6.54 Å². The van der Waals surface area contributed by atoms with Crippen molar-refractivity contribution in [2.24, 2.45) is 0 Å². The van der Waals surface area contributed by atoms with E-state index in [1.54, 1.807) is 6.26 Å². The maximum absolute atomic E-state index is 10.8. The van der Waals surface area contributed by atoms with Crippen molar-refractivity contribution in [1.82, 2.24) is 5.32 Å². The van der Waals surface area contributed by atoms with E-state index in [0.717, 1.165) is 43.6 Å². The lowest BCUT2D eigenvalue weighted by Crippen LogP contribution is -2.46. The van der Waals surface area contributed by atoms with Crippen molar-refractivity contribution in [3.05, 3.63) is 23.7 Å². The van der Waals surface area contributed by atoms with Crippen LogP contribution in [0.25, 0.3) is 0 Å². The maximum atomic E-state index is 10.8. The highest BCUT2D eigenvalue weighted by molar-refractivity contribution is 5.30. The Balaban J connectivity index is 1.99. The van der Waals surface area contributed by atoms with Crippen molar-refractivity contribution < 1.29 is 9.52 Å². The van der Waals surface area contributed by atoms with Crippen LogP contribution < -0.4 is 5.32 Å². The summed E-state index contributed by atoms with van der Waals surface area (Å²) in [5.74, 6) is 0.984. The van der Waals surface area contributed by atoms with Crippen LogP contribution in [0.3, 0.4) is 0 Å². The summed E-state index contributed by atoms with van der Waals surface area (Å²) in [6.07, 6.45) is 6.79. The molecule has 1 saturated heterocycles. The van der Waals surface area contributed by atoms with E-state index in [1.807, 2.05) is 6.07 Å². The second kappa shape index (κ2) is 3.35. The maximum Gasteiger partial charge on any atom is 0.109 e. The van der Waals surface area contributed by atoms with Crippen LogP contribution in [-0.2, 0) is 12.0 Å². The molecule has 1 fully saturated rings. The van der Waals surface area contributed by atoms with Gasteiger partial charge in [0.25, 0.3) is 0 Å². The first-order chi connectivity index (χ1) is 7.31. The Labute approximate surface area is 89.5 Å². The Morgan fingerprint density at radius 2 is 2.40 bits per heavy atom. The SMILES string of the molecule is OC1(C2CCCN2)CCCc2occc21. The third-order valence-electron chi connectivity index (χ3n) is 3.81. The molecule has 3 heteroatoms. The first kappa shape index (κ1) is 9.43. The number of aryl methyl sites for hydroxylation is 1. The van der Waals surface area contributed by atoms with E-state index in [-0.39, 0.29) is 6.04 Å². The summed E-state index contributed by atoms with van der Waals surface area (Å²) in [6, 6.07) is 2.16. The Bertz CT molecular complexity index is 354. The van der Waals surface area contributed by atoms with Crippen LogP contribution in [0.5, 0.6) is 0 Å². The molecule has 3 rings (SSSR count). The topological polar surface area (TPSA) is 45.4 Å². The Morgan fingerprint density at radius 1 is 1.47 bits per heavy atom. The minimum absolute atomic E-state index is 0.217. The van der Waals surface area contributed by atoms with Crippen molar-refractivity contribution >= 4 is 0 Å². The minimum atomic E-state index is -0.683. The van der Waals surface area contributed by atoms with E-state index in [0.29, 0.717) is 0 Å². The Hall–Kier alpha value is -0.800. The van der Waals surface area contributed by atoms with Gasteiger partial charge in [0.05, 0.1) is 6.26 Å². The lowest BCUT2D eigenvalue weighted by Gasteiger charge is -2.37. The van der Waals surface area contributed by atoms with E-state index < -0.39 is 5.60 Å². The van der Waals surface area contributed by atoms with Gasteiger partial charge in [-0.25, -0.2) is 0 Å². The van der Waals surface area contributed by atoms with Gasteiger partial charge < -0.3 is 14.8 Å². The number of aliphatic hydroxyl groups is 1. The van der Waals surface area contributed by atoms with Crippen molar-refractivity contribution in [1.29, 1.82) is 0 Å². The molecular weight excluding hydrogens is 190 g/mol. The van der Waals surface area contributed by atoms with Gasteiger partial charge in [-0.15, -0.1) is 0 Å². The quantitative estimate of drug-likeness (QED) is 0.734. The molecule has 1 aromatic rings. The summed E-state index contributed by atoms with van der Waals surface area (Å²) in [4.78, 5) is 0. The van der Waals surface area contributed by atoms with Crippen LogP contribution in [0.2, 0.25) is 0 Å². The summed E-state index contributed by atoms with van der Waals surface area (Å²) < 4.78 is 5.42. The predicted octanol–water partition coefficient (Wildman–Crippen LogP) is 1.56. The summed E-state index contributed by atoms with van der Waals surface area (Å²) >= 11 is 0. The molecule has 0 spiro atoms. The molecule has 0 saturated carbocycles. The molecule has 82 valence electrons. The summed E-state index contributed by atoms with van der Waals surface area (Å²) in [7, 11) is 0. The number of hydrogen-bond donors (Lipinski definition) is 2. The van der Waals surface area contributed by atoms with Crippen molar-refractivity contribution in [3.63, 3.8) is 0 Å². The van der Waals surface area contributed by atoms with Crippen LogP contribution in [0.15, 0.2) is 16.7 Å². The highest BCUT2D eigenvalue weighted by Gasteiger charge is 2.43. The molecule has 0 bridgehead atoms. The third-order valence-corrected chi connectivity index (χ3v) is 3.81. The molecule has 2 heterocycles. The van der Waals surface area contributed by atoms with Gasteiger partial charge in [0, 0.05) is 18.0 Å². The number of fused-ring (bicyclic) bond motifs is 1. The lowest BCUT2D eigenvalue weighted by molar-refractivity contribution is -0.0152. The molecule has 2 aliphatic rings. The highest BCUT2D eigenvalue weighted by atomic mass is 16.3. The van der Waals surface area contributed by atoms with Gasteiger partial charge in [-0.1, -0.05) is 0 Å². The van der Waals surface area contributed by atoms with Gasteiger partial charge in [-0.3, -0.25) is 0 Å². The highest BCUT2D eigenvalue weighted by Crippen LogP contribution is 2.40. The van der Waals surface area contributed by atoms with Crippen LogP contribution in [-0.4, -0.2) is 17.7 Å². The molecule has 0 radical (unpaired) electrons. The molecule has 0 amide bonds. The summed E-state index contributed by atoms with van der Waals surface area (Å²) in [6.45, 7) is 1.03. The van der Waals surface area contributed by atoms with Crippen LogP contribution in [0, 0.1) is 0 Å². The van der Waals surface area contributed by atoms with E-state index in [2.05, 4.69) is 5.32 Å². The summed E-state index contributed by atoms with van der Waals surface area (Å²) in [5, 5.41) is 14.2. The molecule has 1 aromatic heterocycles. The van der Waals surface area contributed by atoms with Crippen LogP contribution >= 0.6 is 0 Å². The lowest BCUT2D eigenvalue weighted by atomic mass is 9.77. The molecular formula is C12H17NO2. The number of furan rings is 1. The molecule has 1 aliphatic heterocycles. The first-order valence-electron chi connectivity index (χ1n) is 5.83. The van der Waals surface area contributed by atoms with Gasteiger partial charge >= 0.3 is 0 Å². The fourth-order valence-corrected chi connectivity index (χ4v) is 3.03. The zero-order valence-electron chi connectivity index (χ0n) is 8.83. The molecule has 15 heavy (non-hydrogen) atoms. The van der Waals surface area contributed by atoms with Crippen molar-refractivity contribution in [3.8, 4) is 0 Å².